The summed E-state index contributed by atoms with van der Waals surface area (Å²) in [6.07, 6.45) is 3.73. The fourth-order valence-electron chi connectivity index (χ4n) is 1.42. The minimum atomic E-state index is -2.94. The van der Waals surface area contributed by atoms with Crippen LogP contribution in [-0.2, 0) is 17.7 Å². The third kappa shape index (κ3) is 6.95. The van der Waals surface area contributed by atoms with Gasteiger partial charge in [0, 0.05) is 25.9 Å². The van der Waals surface area contributed by atoms with Crippen molar-refractivity contribution in [3.63, 3.8) is 0 Å². The van der Waals surface area contributed by atoms with Crippen LogP contribution in [0.1, 0.15) is 40.5 Å². The van der Waals surface area contributed by atoms with Crippen molar-refractivity contribution in [2.24, 2.45) is 0 Å². The van der Waals surface area contributed by atoms with Gasteiger partial charge in [-0.25, -0.2) is 0 Å². The average molecular weight is 262 g/mol. The summed E-state index contributed by atoms with van der Waals surface area (Å²) >= 11 is 0. The minimum absolute atomic E-state index is 0.0457. The highest BCUT2D eigenvalue weighted by Crippen LogP contribution is 2.17. The molecule has 4 nitrogen and oxygen atoms in total. The van der Waals surface area contributed by atoms with Crippen molar-refractivity contribution >= 4 is 9.05 Å². The maximum absolute atomic E-state index is 5.89. The van der Waals surface area contributed by atoms with Crippen molar-refractivity contribution < 1.29 is 17.7 Å². The van der Waals surface area contributed by atoms with Crippen LogP contribution < -0.4 is 0 Å². The van der Waals surface area contributed by atoms with Gasteiger partial charge < -0.3 is 17.7 Å². The van der Waals surface area contributed by atoms with Crippen LogP contribution in [0.15, 0.2) is 12.7 Å². The predicted octanol–water partition coefficient (Wildman–Crippen LogP) is 2.90. The predicted molar refractivity (Wildman–Crippen MR) is 70.6 cm³/mol. The van der Waals surface area contributed by atoms with Gasteiger partial charge >= 0.3 is 9.05 Å². The summed E-state index contributed by atoms with van der Waals surface area (Å²) in [5.74, 6) is 0. The zero-order chi connectivity index (χ0) is 13.1. The molecule has 0 fully saturated rings. The molecule has 0 saturated heterocycles. The SMILES string of the molecule is C=CCCC(C)O[Si](OCC)(OCC)OCC. The topological polar surface area (TPSA) is 36.9 Å². The van der Waals surface area contributed by atoms with E-state index in [0.717, 1.165) is 12.8 Å². The molecule has 0 heterocycles. The number of hydrogen-bond donors (Lipinski definition) is 0. The van der Waals surface area contributed by atoms with Gasteiger partial charge in [-0.3, -0.25) is 0 Å². The van der Waals surface area contributed by atoms with Crippen LogP contribution in [0.25, 0.3) is 0 Å². The summed E-state index contributed by atoms with van der Waals surface area (Å²) in [6, 6.07) is 0. The third-order valence-corrected chi connectivity index (χ3v) is 4.70. The molecule has 0 aliphatic rings. The van der Waals surface area contributed by atoms with Crippen LogP contribution in [0, 0.1) is 0 Å². The van der Waals surface area contributed by atoms with Crippen LogP contribution in [0.5, 0.6) is 0 Å². The largest absolute Gasteiger partial charge is 0.679 e. The first-order valence-electron chi connectivity index (χ1n) is 6.34. The molecular weight excluding hydrogens is 236 g/mol. The van der Waals surface area contributed by atoms with Gasteiger partial charge in [0.15, 0.2) is 0 Å². The Kier molecular flexibility index (Phi) is 9.67. The lowest BCUT2D eigenvalue weighted by Crippen LogP contribution is -2.51. The highest BCUT2D eigenvalue weighted by Gasteiger charge is 2.46. The normalized spacial score (nSPS) is 13.6. The molecule has 0 aromatic rings. The second-order valence-corrected chi connectivity index (χ2v) is 5.70. The first kappa shape index (κ1) is 16.8. The number of hydrogen-bond acceptors (Lipinski definition) is 4. The van der Waals surface area contributed by atoms with Crippen LogP contribution in [0.3, 0.4) is 0 Å². The summed E-state index contributed by atoms with van der Waals surface area (Å²) in [4.78, 5) is 0. The Morgan fingerprint density at radius 1 is 1.06 bits per heavy atom. The fraction of sp³-hybridized carbons (Fsp3) is 0.833. The van der Waals surface area contributed by atoms with Crippen LogP contribution in [-0.4, -0.2) is 35.0 Å². The Morgan fingerprint density at radius 2 is 1.53 bits per heavy atom. The summed E-state index contributed by atoms with van der Waals surface area (Å²) < 4.78 is 22.7. The van der Waals surface area contributed by atoms with E-state index in [4.69, 9.17) is 17.7 Å². The van der Waals surface area contributed by atoms with E-state index in [-0.39, 0.29) is 6.10 Å². The molecular formula is C12H26O4Si. The average Bonchev–Trinajstić information content (AvgIpc) is 2.27. The van der Waals surface area contributed by atoms with Gasteiger partial charge in [0.1, 0.15) is 0 Å². The highest BCUT2D eigenvalue weighted by atomic mass is 28.4. The summed E-state index contributed by atoms with van der Waals surface area (Å²) in [5, 5.41) is 0. The lowest BCUT2D eigenvalue weighted by atomic mass is 10.2. The maximum atomic E-state index is 5.89. The molecule has 0 amide bonds. The van der Waals surface area contributed by atoms with Crippen molar-refractivity contribution in [3.05, 3.63) is 12.7 Å². The minimum Gasteiger partial charge on any atom is -0.351 e. The van der Waals surface area contributed by atoms with E-state index < -0.39 is 9.05 Å². The van der Waals surface area contributed by atoms with Gasteiger partial charge in [-0.2, -0.15) is 0 Å². The monoisotopic (exact) mass is 262 g/mol. The zero-order valence-corrected chi connectivity index (χ0v) is 12.5. The van der Waals surface area contributed by atoms with E-state index in [2.05, 4.69) is 6.58 Å². The Balaban J connectivity index is 4.45. The molecule has 17 heavy (non-hydrogen) atoms. The van der Waals surface area contributed by atoms with Crippen LogP contribution >= 0.6 is 0 Å². The summed E-state index contributed by atoms with van der Waals surface area (Å²) in [6.45, 7) is 13.0. The first-order chi connectivity index (χ1) is 8.14. The molecule has 5 heteroatoms. The molecule has 0 N–H and O–H groups in total. The molecule has 0 aromatic heterocycles. The smallest absolute Gasteiger partial charge is 0.351 e. The maximum Gasteiger partial charge on any atom is 0.679 e. The fourth-order valence-corrected chi connectivity index (χ4v) is 3.54. The van der Waals surface area contributed by atoms with Crippen molar-refractivity contribution in [2.45, 2.75) is 46.6 Å². The van der Waals surface area contributed by atoms with Crippen LogP contribution in [0.4, 0.5) is 0 Å². The molecule has 0 aliphatic carbocycles. The highest BCUT2D eigenvalue weighted by molar-refractivity contribution is 6.53. The van der Waals surface area contributed by atoms with Gasteiger partial charge in [0.25, 0.3) is 0 Å². The van der Waals surface area contributed by atoms with E-state index in [9.17, 15) is 0 Å². The molecule has 102 valence electrons. The Hall–Kier alpha value is -0.203. The van der Waals surface area contributed by atoms with Crippen molar-refractivity contribution in [2.75, 3.05) is 19.8 Å². The third-order valence-electron chi connectivity index (χ3n) is 2.09. The molecule has 0 radical (unpaired) electrons. The Morgan fingerprint density at radius 3 is 1.88 bits per heavy atom. The Labute approximate surface area is 106 Å². The van der Waals surface area contributed by atoms with Crippen molar-refractivity contribution in [3.8, 4) is 0 Å². The zero-order valence-electron chi connectivity index (χ0n) is 11.5. The van der Waals surface area contributed by atoms with Crippen LogP contribution in [0.2, 0.25) is 0 Å². The van der Waals surface area contributed by atoms with Crippen molar-refractivity contribution in [1.29, 1.82) is 0 Å². The number of allylic oxidation sites excluding steroid dienone is 1. The Bertz CT molecular complexity index is 182. The molecule has 1 atom stereocenters. The summed E-state index contributed by atoms with van der Waals surface area (Å²) in [5.41, 5.74) is 0. The molecule has 0 aromatic carbocycles. The van der Waals surface area contributed by atoms with Gasteiger partial charge in [0.05, 0.1) is 0 Å². The first-order valence-corrected chi connectivity index (χ1v) is 7.97. The molecule has 0 rings (SSSR count). The standard InChI is InChI=1S/C12H26O4Si/c1-6-10-11-12(5)16-17(13-7-2,14-8-3)15-9-4/h6,12H,1,7-11H2,2-5H3. The lowest BCUT2D eigenvalue weighted by molar-refractivity contribution is -0.0475. The van der Waals surface area contributed by atoms with E-state index in [1.165, 1.54) is 0 Å². The van der Waals surface area contributed by atoms with Crippen molar-refractivity contribution in [1.82, 2.24) is 0 Å². The quantitative estimate of drug-likeness (QED) is 0.424. The summed E-state index contributed by atoms with van der Waals surface area (Å²) in [7, 11) is -2.94. The second kappa shape index (κ2) is 9.79. The molecule has 0 aliphatic heterocycles. The van der Waals surface area contributed by atoms with Gasteiger partial charge in [0.2, 0.25) is 0 Å². The van der Waals surface area contributed by atoms with Gasteiger partial charge in [-0.05, 0) is 40.5 Å². The van der Waals surface area contributed by atoms with Gasteiger partial charge in [-0.1, -0.05) is 6.08 Å². The molecule has 0 saturated carbocycles. The molecule has 1 unspecified atom stereocenters. The molecule has 0 bridgehead atoms. The van der Waals surface area contributed by atoms with E-state index in [1.54, 1.807) is 0 Å². The van der Waals surface area contributed by atoms with E-state index in [1.807, 2.05) is 33.8 Å². The second-order valence-electron chi connectivity index (χ2n) is 3.59. The van der Waals surface area contributed by atoms with E-state index in [0.29, 0.717) is 19.8 Å². The lowest BCUT2D eigenvalue weighted by Gasteiger charge is -2.29. The molecule has 0 spiro atoms. The van der Waals surface area contributed by atoms with Gasteiger partial charge in [-0.15, -0.1) is 6.58 Å². The number of rotatable bonds is 11. The van der Waals surface area contributed by atoms with E-state index >= 15 is 0 Å².